The third-order valence-electron chi connectivity index (χ3n) is 11.5. The van der Waals surface area contributed by atoms with Gasteiger partial charge in [-0.05, 0) is 91.9 Å². The number of aliphatic imine (C=N–C) groups is 3. The quantitative estimate of drug-likeness (QED) is 0.0117. The van der Waals surface area contributed by atoms with E-state index in [2.05, 4.69) is 51.9 Å². The number of nitrogens with two attached hydrogens (primary N) is 13. The number of nitrogens with one attached hydrogen (secondary N) is 7. The fraction of sp³-hybridized carbons (Fsp3) is 0.745. The summed E-state index contributed by atoms with van der Waals surface area (Å²) >= 11 is 0. The molecule has 0 aromatic heterocycles. The Morgan fingerprint density at radius 2 is 0.854 bits per heavy atom. The Labute approximate surface area is 496 Å². The number of hydrogen-bond acceptors (Lipinski definition) is 19. The molecule has 470 valence electrons. The molecule has 35 heteroatoms. The second-order valence-corrected chi connectivity index (χ2v) is 26.5. The predicted molar refractivity (Wildman–Crippen MR) is 330 cm³/mol. The highest BCUT2D eigenvalue weighted by Gasteiger charge is 2.31. The molecular formula is C47H96N23O8S4+. The van der Waals surface area contributed by atoms with Crippen LogP contribution in [0.4, 0.5) is 0 Å². The molecule has 31 nitrogen and oxygen atoms in total. The zero-order valence-electron chi connectivity index (χ0n) is 47.8. The molecule has 0 fully saturated rings. The average Bonchev–Trinajstić information content (AvgIpc) is 3.41. The van der Waals surface area contributed by atoms with Crippen LogP contribution in [-0.4, -0.2) is 180 Å². The van der Waals surface area contributed by atoms with E-state index in [4.69, 9.17) is 74.5 Å². The van der Waals surface area contributed by atoms with Crippen LogP contribution < -0.4 is 111 Å². The molecule has 0 aliphatic carbocycles. The smallest absolute Gasteiger partial charge is 0.338 e. The number of guanidine groups is 4. The number of amides is 7. The van der Waals surface area contributed by atoms with Gasteiger partial charge >= 0.3 is 5.96 Å². The fourth-order valence-electron chi connectivity index (χ4n) is 6.87. The summed E-state index contributed by atoms with van der Waals surface area (Å²) in [5.74, 6) is -4.57. The van der Waals surface area contributed by atoms with Crippen molar-refractivity contribution in [2.75, 3.05) is 57.3 Å². The minimum absolute atomic E-state index is 0.0201. The van der Waals surface area contributed by atoms with E-state index in [-0.39, 0.29) is 105 Å². The number of carbonyl (C=O) groups is 8. The van der Waals surface area contributed by atoms with E-state index in [0.717, 1.165) is 0 Å². The van der Waals surface area contributed by atoms with E-state index in [9.17, 15) is 38.4 Å². The second-order valence-electron chi connectivity index (χ2n) is 20.4. The normalized spacial score (nSPS) is 13.9. The van der Waals surface area contributed by atoms with Crippen LogP contribution in [0.25, 0.3) is 0 Å². The van der Waals surface area contributed by atoms with Crippen molar-refractivity contribution < 1.29 is 43.3 Å². The van der Waals surface area contributed by atoms with E-state index in [1.165, 1.54) is 43.2 Å². The highest BCUT2D eigenvalue weighted by Crippen LogP contribution is 2.37. The van der Waals surface area contributed by atoms with Crippen molar-refractivity contribution in [1.29, 1.82) is 0 Å². The van der Waals surface area contributed by atoms with Crippen LogP contribution in [0.3, 0.4) is 0 Å². The Morgan fingerprint density at radius 3 is 1.28 bits per heavy atom. The lowest BCUT2D eigenvalue weighted by Gasteiger charge is -2.27. The molecular weight excluding hydrogens is 1140 g/mol. The second kappa shape index (κ2) is 42.1. The van der Waals surface area contributed by atoms with Gasteiger partial charge in [-0.2, -0.15) is 0 Å². The van der Waals surface area contributed by atoms with Crippen LogP contribution in [0.5, 0.6) is 0 Å². The Kier molecular flexibility index (Phi) is 39.2. The van der Waals surface area contributed by atoms with Crippen molar-refractivity contribution in [1.82, 2.24) is 31.9 Å². The first-order valence-corrected chi connectivity index (χ1v) is 31.5. The van der Waals surface area contributed by atoms with Crippen molar-refractivity contribution in [3.8, 4) is 0 Å². The molecule has 0 aromatic rings. The number of rotatable bonds is 46. The van der Waals surface area contributed by atoms with Gasteiger partial charge in [-0.3, -0.25) is 69.8 Å². The summed E-state index contributed by atoms with van der Waals surface area (Å²) in [6.45, 7) is 8.70. The van der Waals surface area contributed by atoms with Crippen LogP contribution >= 0.6 is 43.2 Å². The SMILES string of the molecule is CC(C)(CNC(=O)[C@H](N)CCC[NH+]=C(N)N)SSC[C@@H](NC(=O)[C@H](N)CCCN=C(N)N)C(=O)CCCCC[C@@H](NC(=O)[C@@H](CSSC(C)(C)CNC(=O)[C@H](N)CCCN=C(N)N)NC(=O)[C@H](N)CCCN=C(N)N)C(=O)NCC(N)=O. The summed E-state index contributed by atoms with van der Waals surface area (Å²) in [6, 6.07) is -7.00. The van der Waals surface area contributed by atoms with E-state index < -0.39 is 87.9 Å². The van der Waals surface area contributed by atoms with Crippen LogP contribution in [-0.2, 0) is 38.4 Å². The van der Waals surface area contributed by atoms with Gasteiger partial charge in [-0.25, -0.2) is 0 Å². The lowest BCUT2D eigenvalue weighted by molar-refractivity contribution is -0.459. The molecule has 0 saturated heterocycles. The molecule has 7 amide bonds. The lowest BCUT2D eigenvalue weighted by atomic mass is 10.0. The van der Waals surface area contributed by atoms with Gasteiger partial charge in [0.1, 0.15) is 12.1 Å². The first kappa shape index (κ1) is 76.3. The van der Waals surface area contributed by atoms with Gasteiger partial charge in [0.05, 0.1) is 43.3 Å². The van der Waals surface area contributed by atoms with Crippen LogP contribution in [0.1, 0.15) is 111 Å². The van der Waals surface area contributed by atoms with E-state index in [1.54, 1.807) is 0 Å². The highest BCUT2D eigenvalue weighted by molar-refractivity contribution is 8.77. The third kappa shape index (κ3) is 38.9. The maximum Gasteiger partial charge on any atom is 0.338 e. The fourth-order valence-corrected chi connectivity index (χ4v) is 12.2. The van der Waals surface area contributed by atoms with Crippen molar-refractivity contribution in [2.45, 2.75) is 163 Å². The minimum atomic E-state index is -1.24. The number of nitrogens with zero attached hydrogens (tertiary/aromatic N) is 3. The minimum Gasteiger partial charge on any atom is -0.370 e. The number of ketones is 1. The van der Waals surface area contributed by atoms with E-state index >= 15 is 0 Å². The monoisotopic (exact) mass is 1240 g/mol. The molecule has 0 unspecified atom stereocenters. The first-order chi connectivity index (χ1) is 38.4. The van der Waals surface area contributed by atoms with Gasteiger partial charge in [-0.1, -0.05) is 56.0 Å². The third-order valence-corrected chi connectivity index (χ3v) is 18.1. The summed E-state index contributed by atoms with van der Waals surface area (Å²) in [4.78, 5) is 120. The van der Waals surface area contributed by atoms with Gasteiger partial charge in [0.15, 0.2) is 23.7 Å². The van der Waals surface area contributed by atoms with Crippen molar-refractivity contribution in [2.24, 2.45) is 89.5 Å². The average molecular weight is 1240 g/mol. The standard InChI is InChI=1S/C47H95N23O8S4/c1-46(2,25-66-36(73)27(48)12-8-18-61-42(53)54)81-79-23-32(69-38(75)29(50)14-10-20-63-44(57)58)34(71)17-7-5-6-16-31(40(77)65-22-35(52)72)68-41(78)33(70-39(76)30(51)15-11-21-64-45(59)60)24-80-82-47(3,4)26-67-37(74)28(49)13-9-19-62-43(55)56/h27-33H,5-26,48-51H2,1-4H3,(H2,52,72)(H,65,77)(H,66,73)(H,67,74)(H,68,78)(H,69,75)(H,70,76)(H4,53,54,61)(H4,55,56,62)(H4,57,58,63)(H4,59,60,64)/p+1/t27-,28-,29-,30-,31-,32-,33-/m1/s1. The van der Waals surface area contributed by atoms with Gasteiger partial charge in [0.2, 0.25) is 41.4 Å². The van der Waals surface area contributed by atoms with Crippen molar-refractivity contribution in [3.05, 3.63) is 0 Å². The Morgan fingerprint density at radius 1 is 0.451 bits per heavy atom. The maximum atomic E-state index is 14.1. The number of Topliss-reactive ketones (excluding diaryl/α,β-unsaturated/α-hetero) is 1. The van der Waals surface area contributed by atoms with Gasteiger partial charge in [0, 0.05) is 60.1 Å². The number of unbranched alkanes of at least 4 members (excludes halogenated alkanes) is 2. The first-order valence-electron chi connectivity index (χ1n) is 26.8. The Bertz CT molecular complexity index is 2130. The summed E-state index contributed by atoms with van der Waals surface area (Å²) < 4.78 is -1.14. The van der Waals surface area contributed by atoms with Crippen LogP contribution in [0.2, 0.25) is 0 Å². The number of carbonyl (C=O) groups excluding carboxylic acids is 8. The highest BCUT2D eigenvalue weighted by atomic mass is 33.1. The molecule has 0 rings (SSSR count). The Balaban J connectivity index is 6.16. The molecule has 0 heterocycles. The van der Waals surface area contributed by atoms with Crippen molar-refractivity contribution >= 4 is 114 Å². The van der Waals surface area contributed by atoms with Gasteiger partial charge in [0.25, 0.3) is 0 Å². The largest absolute Gasteiger partial charge is 0.370 e. The van der Waals surface area contributed by atoms with Gasteiger partial charge in [-0.15, -0.1) is 0 Å². The topological polar surface area (TPSA) is 598 Å². The molecule has 0 spiro atoms. The molecule has 0 aliphatic heterocycles. The number of hydrogen-bond donors (Lipinski definition) is 20. The van der Waals surface area contributed by atoms with Crippen LogP contribution in [0, 0.1) is 0 Å². The molecule has 7 atom stereocenters. The molecule has 0 radical (unpaired) electrons. The van der Waals surface area contributed by atoms with Crippen LogP contribution in [0.15, 0.2) is 15.0 Å². The zero-order valence-corrected chi connectivity index (χ0v) is 51.1. The van der Waals surface area contributed by atoms with E-state index in [1.807, 2.05) is 27.7 Å². The molecule has 33 N–H and O–H groups in total. The Hall–Kier alpha value is -5.72. The predicted octanol–water partition coefficient (Wildman–Crippen LogP) is -7.28. The van der Waals surface area contributed by atoms with Crippen molar-refractivity contribution in [3.63, 3.8) is 0 Å². The summed E-state index contributed by atoms with van der Waals surface area (Å²) in [7, 11) is 5.28. The zero-order chi connectivity index (χ0) is 62.4. The maximum absolute atomic E-state index is 14.1. The summed E-state index contributed by atoms with van der Waals surface area (Å²) in [6.07, 6.45) is 4.03. The number of primary amides is 1. The molecule has 0 saturated carbocycles. The van der Waals surface area contributed by atoms with Gasteiger partial charge < -0.3 is 95.0 Å². The summed E-state index contributed by atoms with van der Waals surface area (Å²) in [5.41, 5.74) is 73.1. The lowest BCUT2D eigenvalue weighted by Crippen LogP contribution is -2.78. The molecule has 0 aliphatic rings. The molecule has 0 bridgehead atoms. The molecule has 82 heavy (non-hydrogen) atoms. The summed E-state index contributed by atoms with van der Waals surface area (Å²) in [5, 5.41) is 16.3. The van der Waals surface area contributed by atoms with E-state index in [0.29, 0.717) is 70.9 Å². The molecule has 0 aromatic carbocycles.